The molecule has 1 saturated heterocycles. The highest BCUT2D eigenvalue weighted by Gasteiger charge is 2.41. The number of hydrogen-bond acceptors (Lipinski definition) is 8. The number of pyridine rings is 1. The molecule has 0 spiro atoms. The third kappa shape index (κ3) is 4.02. The largest absolute Gasteiger partial charge is 0.507 e. The molecule has 1 aromatic carbocycles. The van der Waals surface area contributed by atoms with E-state index in [0.29, 0.717) is 24.7 Å². The predicted octanol–water partition coefficient (Wildman–Crippen LogP) is 2.74. The van der Waals surface area contributed by atoms with E-state index in [2.05, 4.69) is 11.7 Å². The molecule has 0 saturated carbocycles. The number of benzene rings is 1. The highest BCUT2D eigenvalue weighted by molar-refractivity contribution is 6.35. The third-order valence-corrected chi connectivity index (χ3v) is 7.40. The number of amides is 2. The van der Waals surface area contributed by atoms with Gasteiger partial charge in [0.05, 0.1) is 24.3 Å². The van der Waals surface area contributed by atoms with Gasteiger partial charge in [0.2, 0.25) is 5.91 Å². The summed E-state index contributed by atoms with van der Waals surface area (Å²) >= 11 is 6.78. The molecule has 2 amide bonds. The molecule has 5 heterocycles. The molecule has 6 rings (SSSR count). The van der Waals surface area contributed by atoms with Crippen LogP contribution in [0.3, 0.4) is 0 Å². The number of carbonyl (C=O) groups excluding carboxylic acids is 2. The molecule has 3 aromatic rings. The minimum Gasteiger partial charge on any atom is -0.507 e. The van der Waals surface area contributed by atoms with Crippen molar-refractivity contribution in [1.82, 2.24) is 24.6 Å². The Labute approximate surface area is 227 Å². The van der Waals surface area contributed by atoms with Crippen LogP contribution in [0.15, 0.2) is 37.1 Å². The van der Waals surface area contributed by atoms with Crippen molar-refractivity contribution in [2.75, 3.05) is 44.3 Å². The Morgan fingerprint density at radius 1 is 1.26 bits per heavy atom. The van der Waals surface area contributed by atoms with E-state index in [1.807, 2.05) is 0 Å². The average Bonchev–Trinajstić information content (AvgIpc) is 3.25. The van der Waals surface area contributed by atoms with Crippen LogP contribution in [0.5, 0.6) is 17.4 Å². The zero-order chi connectivity index (χ0) is 27.4. The quantitative estimate of drug-likeness (QED) is 0.492. The summed E-state index contributed by atoms with van der Waals surface area (Å²) in [6.45, 7) is 4.98. The van der Waals surface area contributed by atoms with Gasteiger partial charge in [-0.3, -0.25) is 14.3 Å². The third-order valence-electron chi connectivity index (χ3n) is 7.04. The molecule has 1 N–H and O–H groups in total. The number of aryl methyl sites for hydroxylation is 1. The van der Waals surface area contributed by atoms with Gasteiger partial charge in [0.25, 0.3) is 11.8 Å². The molecule has 1 atom stereocenters. The Bertz CT molecular complexity index is 1510. The molecule has 3 aliphatic rings. The Hall–Kier alpha value is -4.32. The normalized spacial score (nSPS) is 18.4. The first-order valence-electron chi connectivity index (χ1n) is 12.3. The van der Waals surface area contributed by atoms with Gasteiger partial charge in [-0.05, 0) is 18.2 Å². The van der Waals surface area contributed by atoms with Crippen LogP contribution in [0, 0.1) is 5.82 Å². The van der Waals surface area contributed by atoms with Crippen LogP contribution < -0.4 is 14.4 Å². The van der Waals surface area contributed by atoms with E-state index >= 15 is 4.39 Å². The van der Waals surface area contributed by atoms with Crippen LogP contribution in [-0.2, 0) is 11.8 Å². The minimum absolute atomic E-state index is 0.0252. The second-order valence-corrected chi connectivity index (χ2v) is 9.76. The lowest BCUT2D eigenvalue weighted by atomic mass is 10.0. The minimum atomic E-state index is -0.740. The Morgan fingerprint density at radius 2 is 2.08 bits per heavy atom. The lowest BCUT2D eigenvalue weighted by Gasteiger charge is -2.39. The smallest absolute Gasteiger partial charge is 0.261 e. The molecule has 202 valence electrons. The zero-order valence-corrected chi connectivity index (χ0v) is 21.7. The maximum absolute atomic E-state index is 15.0. The lowest BCUT2D eigenvalue weighted by molar-refractivity contribution is -0.128. The number of nitrogens with zero attached hydrogens (tertiary/aromatic N) is 6. The Kier molecular flexibility index (Phi) is 6.06. The van der Waals surface area contributed by atoms with Crippen molar-refractivity contribution in [3.05, 3.63) is 53.5 Å². The van der Waals surface area contributed by atoms with E-state index in [1.165, 1.54) is 24.3 Å². The summed E-state index contributed by atoms with van der Waals surface area (Å²) in [7, 11) is 1.74. The zero-order valence-electron chi connectivity index (χ0n) is 20.9. The van der Waals surface area contributed by atoms with E-state index in [-0.39, 0.29) is 77.3 Å². The molecule has 0 aliphatic carbocycles. The van der Waals surface area contributed by atoms with Gasteiger partial charge in [-0.15, -0.1) is 5.10 Å². The molecule has 13 heteroatoms. The van der Waals surface area contributed by atoms with Crippen LogP contribution in [0.1, 0.15) is 10.4 Å². The number of anilines is 2. The summed E-state index contributed by atoms with van der Waals surface area (Å²) in [4.78, 5) is 36.1. The Morgan fingerprint density at radius 3 is 2.85 bits per heavy atom. The first-order valence-corrected chi connectivity index (χ1v) is 12.7. The van der Waals surface area contributed by atoms with Crippen molar-refractivity contribution in [1.29, 1.82) is 0 Å². The topological polar surface area (TPSA) is 113 Å². The number of aromatic nitrogens is 3. The van der Waals surface area contributed by atoms with E-state index in [4.69, 9.17) is 26.1 Å². The van der Waals surface area contributed by atoms with Gasteiger partial charge in [0.1, 0.15) is 46.7 Å². The van der Waals surface area contributed by atoms with Crippen molar-refractivity contribution in [3.63, 3.8) is 0 Å². The molecule has 1 fully saturated rings. The van der Waals surface area contributed by atoms with E-state index in [0.717, 1.165) is 0 Å². The van der Waals surface area contributed by atoms with Crippen LogP contribution >= 0.6 is 11.6 Å². The van der Waals surface area contributed by atoms with Crippen molar-refractivity contribution in [3.8, 4) is 28.6 Å². The number of fused-ring (bicyclic) bond motifs is 3. The summed E-state index contributed by atoms with van der Waals surface area (Å²) in [5.74, 6) is -1.19. The number of hydrogen-bond donors (Lipinski definition) is 1. The number of halogens is 2. The monoisotopic (exact) mass is 554 g/mol. The molecule has 2 aromatic heterocycles. The SMILES string of the molecule is C=CC(=O)N1CCN2C(=O)c3c(N4CCOc5nn(C)cc54)nc(-c4c(O)cccc4F)c(Cl)c3OCC2C1. The van der Waals surface area contributed by atoms with Crippen molar-refractivity contribution in [2.45, 2.75) is 6.04 Å². The second kappa shape index (κ2) is 9.45. The summed E-state index contributed by atoms with van der Waals surface area (Å²) in [5.41, 5.74) is 0.364. The maximum atomic E-state index is 15.0. The van der Waals surface area contributed by atoms with Crippen LogP contribution in [0.4, 0.5) is 15.9 Å². The number of rotatable bonds is 3. The molecule has 11 nitrogen and oxygen atoms in total. The van der Waals surface area contributed by atoms with Gasteiger partial charge >= 0.3 is 0 Å². The van der Waals surface area contributed by atoms with Gasteiger partial charge in [-0.1, -0.05) is 24.2 Å². The number of ether oxygens (including phenoxy) is 2. The molecule has 3 aliphatic heterocycles. The van der Waals surface area contributed by atoms with Gasteiger partial charge in [-0.25, -0.2) is 9.37 Å². The average molecular weight is 555 g/mol. The van der Waals surface area contributed by atoms with Crippen molar-refractivity contribution in [2.24, 2.45) is 7.05 Å². The van der Waals surface area contributed by atoms with Gasteiger partial charge in [0, 0.05) is 26.7 Å². The van der Waals surface area contributed by atoms with Gasteiger partial charge in [-0.2, -0.15) is 0 Å². The second-order valence-electron chi connectivity index (χ2n) is 9.38. The number of phenols is 1. The number of aromatic hydroxyl groups is 1. The molecule has 0 bridgehead atoms. The number of piperazine rings is 1. The van der Waals surface area contributed by atoms with Crippen molar-refractivity contribution < 1.29 is 28.6 Å². The van der Waals surface area contributed by atoms with Gasteiger partial charge < -0.3 is 29.3 Å². The summed E-state index contributed by atoms with van der Waals surface area (Å²) < 4.78 is 28.5. The molecular weight excluding hydrogens is 531 g/mol. The number of carbonyl (C=O) groups is 2. The Balaban J connectivity index is 1.55. The molecule has 1 unspecified atom stereocenters. The van der Waals surface area contributed by atoms with E-state index in [9.17, 15) is 14.7 Å². The molecule has 0 radical (unpaired) electrons. The lowest BCUT2D eigenvalue weighted by Crippen LogP contribution is -2.57. The fourth-order valence-electron chi connectivity index (χ4n) is 5.20. The summed E-state index contributed by atoms with van der Waals surface area (Å²) in [6, 6.07) is 3.41. The maximum Gasteiger partial charge on any atom is 0.261 e. The first kappa shape index (κ1) is 25.0. The first-order chi connectivity index (χ1) is 18.8. The van der Waals surface area contributed by atoms with Crippen LogP contribution in [0.25, 0.3) is 11.3 Å². The highest BCUT2D eigenvalue weighted by atomic mass is 35.5. The van der Waals surface area contributed by atoms with Crippen LogP contribution in [-0.4, -0.2) is 86.9 Å². The standard InChI is InChI=1S/C26H24ClFN6O5/c1-3-18(36)32-7-8-33-14(11-32)13-39-23-20(26(33)37)24(34-9-10-38-25-16(34)12-31(2)30-25)29-22(21(23)27)19-15(28)5-4-6-17(19)35/h3-6,12,14,35H,1,7-11,13H2,2H3. The van der Waals surface area contributed by atoms with E-state index in [1.54, 1.807) is 32.6 Å². The van der Waals surface area contributed by atoms with Crippen LogP contribution in [0.2, 0.25) is 5.02 Å². The highest BCUT2D eigenvalue weighted by Crippen LogP contribution is 2.48. The molecular formula is C26H24ClFN6O5. The summed E-state index contributed by atoms with van der Waals surface area (Å²) in [5, 5.41) is 14.8. The van der Waals surface area contributed by atoms with Gasteiger partial charge in [0.15, 0.2) is 11.6 Å². The fraction of sp³-hybridized carbons (Fsp3) is 0.308. The summed E-state index contributed by atoms with van der Waals surface area (Å²) in [6.07, 6.45) is 2.96. The molecule has 39 heavy (non-hydrogen) atoms. The predicted molar refractivity (Wildman–Crippen MR) is 139 cm³/mol. The fourth-order valence-corrected chi connectivity index (χ4v) is 5.49. The number of phenolic OH excluding ortho intramolecular Hbond substituents is 1. The van der Waals surface area contributed by atoms with E-state index < -0.39 is 11.9 Å². The van der Waals surface area contributed by atoms with Crippen molar-refractivity contribution >= 4 is 34.9 Å².